The van der Waals surface area contributed by atoms with Gasteiger partial charge in [0.05, 0.1) is 19.3 Å². The largest absolute Gasteiger partial charge is 0.373 e. The van der Waals surface area contributed by atoms with E-state index in [1.54, 1.807) is 0 Å². The van der Waals surface area contributed by atoms with E-state index >= 15 is 0 Å². The highest BCUT2D eigenvalue weighted by Crippen LogP contribution is 2.27. The summed E-state index contributed by atoms with van der Waals surface area (Å²) in [7, 11) is 0. The minimum absolute atomic E-state index is 0.0802. The molecule has 2 heterocycles. The number of hydrogen-bond donors (Lipinski definition) is 1. The van der Waals surface area contributed by atoms with Crippen LogP contribution in [-0.4, -0.2) is 60.6 Å². The van der Waals surface area contributed by atoms with Crippen molar-refractivity contribution >= 4 is 5.91 Å². The SMILES string of the molecule is CC1(C)CN(CC(=O)N2CCC(OCc3ccccc3)CC2)CCC1N. The molecule has 2 saturated heterocycles. The Kier molecular flexibility index (Phi) is 6.33. The topological polar surface area (TPSA) is 58.8 Å². The molecule has 2 N–H and O–H groups in total. The molecule has 26 heavy (non-hydrogen) atoms. The molecule has 0 spiro atoms. The highest BCUT2D eigenvalue weighted by atomic mass is 16.5. The van der Waals surface area contributed by atoms with Gasteiger partial charge < -0.3 is 15.4 Å². The van der Waals surface area contributed by atoms with Gasteiger partial charge in [-0.2, -0.15) is 0 Å². The number of hydrogen-bond acceptors (Lipinski definition) is 4. The van der Waals surface area contributed by atoms with Gasteiger partial charge in [-0.1, -0.05) is 44.2 Å². The molecule has 1 unspecified atom stereocenters. The monoisotopic (exact) mass is 359 g/mol. The molecule has 0 radical (unpaired) electrons. The van der Waals surface area contributed by atoms with Crippen molar-refractivity contribution in [2.24, 2.45) is 11.1 Å². The lowest BCUT2D eigenvalue weighted by Gasteiger charge is -2.43. The Morgan fingerprint density at radius 3 is 2.50 bits per heavy atom. The van der Waals surface area contributed by atoms with Gasteiger partial charge in [0.15, 0.2) is 0 Å². The van der Waals surface area contributed by atoms with Crippen molar-refractivity contribution in [3.05, 3.63) is 35.9 Å². The Morgan fingerprint density at radius 2 is 1.85 bits per heavy atom. The van der Waals surface area contributed by atoms with Crippen LogP contribution in [0.3, 0.4) is 0 Å². The maximum atomic E-state index is 12.7. The van der Waals surface area contributed by atoms with Crippen molar-refractivity contribution in [2.45, 2.75) is 51.9 Å². The van der Waals surface area contributed by atoms with Crippen molar-refractivity contribution in [3.63, 3.8) is 0 Å². The highest BCUT2D eigenvalue weighted by Gasteiger charge is 2.34. The van der Waals surface area contributed by atoms with Crippen molar-refractivity contribution < 1.29 is 9.53 Å². The van der Waals surface area contributed by atoms with E-state index in [2.05, 4.69) is 30.9 Å². The van der Waals surface area contributed by atoms with Gasteiger partial charge in [-0.05, 0) is 30.2 Å². The molecule has 1 aromatic carbocycles. The summed E-state index contributed by atoms with van der Waals surface area (Å²) in [5.41, 5.74) is 7.48. The second-order valence-corrected chi connectivity index (χ2v) is 8.47. The van der Waals surface area contributed by atoms with Crippen LogP contribution in [0.15, 0.2) is 30.3 Å². The Labute approximate surface area is 157 Å². The maximum absolute atomic E-state index is 12.7. The first-order chi connectivity index (χ1) is 12.4. The molecule has 5 nitrogen and oxygen atoms in total. The standard InChI is InChI=1S/C21H33N3O2/c1-21(2)16-23(11-10-19(21)22)14-20(25)24-12-8-18(9-13-24)26-15-17-6-4-3-5-7-17/h3-7,18-19H,8-16,22H2,1-2H3. The summed E-state index contributed by atoms with van der Waals surface area (Å²) in [6, 6.07) is 10.5. The summed E-state index contributed by atoms with van der Waals surface area (Å²) < 4.78 is 6.02. The van der Waals surface area contributed by atoms with E-state index in [1.165, 1.54) is 5.56 Å². The number of benzene rings is 1. The van der Waals surface area contributed by atoms with Crippen LogP contribution in [0.2, 0.25) is 0 Å². The normalized spacial score (nSPS) is 24.6. The van der Waals surface area contributed by atoms with E-state index in [9.17, 15) is 4.79 Å². The Bertz CT molecular complexity index is 582. The third kappa shape index (κ3) is 5.06. The third-order valence-corrected chi connectivity index (χ3v) is 5.87. The van der Waals surface area contributed by atoms with Crippen LogP contribution in [0.25, 0.3) is 0 Å². The van der Waals surface area contributed by atoms with Gasteiger partial charge in [0.2, 0.25) is 5.91 Å². The zero-order chi connectivity index (χ0) is 18.6. The third-order valence-electron chi connectivity index (χ3n) is 5.87. The number of carbonyl (C=O) groups is 1. The summed E-state index contributed by atoms with van der Waals surface area (Å²) in [5, 5.41) is 0. The highest BCUT2D eigenvalue weighted by molar-refractivity contribution is 5.78. The first kappa shape index (κ1) is 19.3. The van der Waals surface area contributed by atoms with Crippen LogP contribution in [0.1, 0.15) is 38.7 Å². The summed E-state index contributed by atoms with van der Waals surface area (Å²) in [5.74, 6) is 0.248. The van der Waals surface area contributed by atoms with Gasteiger partial charge in [0.1, 0.15) is 0 Å². The number of piperidine rings is 2. The summed E-state index contributed by atoms with van der Waals surface area (Å²) in [6.45, 7) is 9.00. The zero-order valence-electron chi connectivity index (χ0n) is 16.2. The Morgan fingerprint density at radius 1 is 1.15 bits per heavy atom. The fourth-order valence-corrected chi connectivity index (χ4v) is 3.97. The average molecular weight is 360 g/mol. The fraction of sp³-hybridized carbons (Fsp3) is 0.667. The molecule has 2 fully saturated rings. The van der Waals surface area contributed by atoms with Crippen molar-refractivity contribution in [1.82, 2.24) is 9.80 Å². The van der Waals surface area contributed by atoms with E-state index in [4.69, 9.17) is 10.5 Å². The molecule has 1 amide bonds. The van der Waals surface area contributed by atoms with Crippen molar-refractivity contribution in [2.75, 3.05) is 32.7 Å². The molecule has 1 atom stereocenters. The zero-order valence-corrected chi connectivity index (χ0v) is 16.2. The predicted molar refractivity (Wildman–Crippen MR) is 104 cm³/mol. The summed E-state index contributed by atoms with van der Waals surface area (Å²) >= 11 is 0. The Hall–Kier alpha value is -1.43. The molecular formula is C21H33N3O2. The van der Waals surface area contributed by atoms with Crippen LogP contribution in [0, 0.1) is 5.41 Å². The number of nitrogens with zero attached hydrogens (tertiary/aromatic N) is 2. The number of rotatable bonds is 5. The van der Waals surface area contributed by atoms with E-state index < -0.39 is 0 Å². The predicted octanol–water partition coefficient (Wildman–Crippen LogP) is 2.25. The van der Waals surface area contributed by atoms with Gasteiger partial charge in [0, 0.05) is 32.2 Å². The lowest BCUT2D eigenvalue weighted by Crippen LogP contribution is -2.55. The summed E-state index contributed by atoms with van der Waals surface area (Å²) in [6.07, 6.45) is 3.07. The minimum atomic E-state index is 0.0802. The number of nitrogens with two attached hydrogens (primary N) is 1. The quantitative estimate of drug-likeness (QED) is 0.876. The van der Waals surface area contributed by atoms with Crippen molar-refractivity contribution in [1.29, 1.82) is 0 Å². The number of carbonyl (C=O) groups excluding carboxylic acids is 1. The van der Waals surface area contributed by atoms with Gasteiger partial charge in [0.25, 0.3) is 0 Å². The number of amides is 1. The molecule has 2 aliphatic rings. The van der Waals surface area contributed by atoms with Crippen LogP contribution in [-0.2, 0) is 16.1 Å². The molecule has 0 bridgehead atoms. The second-order valence-electron chi connectivity index (χ2n) is 8.47. The van der Waals surface area contributed by atoms with Crippen LogP contribution >= 0.6 is 0 Å². The number of likely N-dealkylation sites (tertiary alicyclic amines) is 2. The minimum Gasteiger partial charge on any atom is -0.373 e. The maximum Gasteiger partial charge on any atom is 0.236 e. The molecule has 0 saturated carbocycles. The lowest BCUT2D eigenvalue weighted by molar-refractivity contribution is -0.136. The van der Waals surface area contributed by atoms with Crippen LogP contribution in [0.5, 0.6) is 0 Å². The van der Waals surface area contributed by atoms with E-state index in [0.29, 0.717) is 13.2 Å². The molecule has 0 aliphatic carbocycles. The molecule has 0 aromatic heterocycles. The van der Waals surface area contributed by atoms with Gasteiger partial charge in [-0.3, -0.25) is 9.69 Å². The number of ether oxygens (including phenoxy) is 1. The van der Waals surface area contributed by atoms with Gasteiger partial charge in [-0.15, -0.1) is 0 Å². The van der Waals surface area contributed by atoms with Crippen LogP contribution < -0.4 is 5.73 Å². The first-order valence-electron chi connectivity index (χ1n) is 9.85. The molecule has 1 aromatic rings. The van der Waals surface area contributed by atoms with E-state index in [0.717, 1.165) is 45.4 Å². The lowest BCUT2D eigenvalue weighted by atomic mass is 9.80. The van der Waals surface area contributed by atoms with Gasteiger partial charge >= 0.3 is 0 Å². The molecule has 3 rings (SSSR count). The molecule has 5 heteroatoms. The molecular weight excluding hydrogens is 326 g/mol. The first-order valence-corrected chi connectivity index (χ1v) is 9.85. The van der Waals surface area contributed by atoms with Gasteiger partial charge in [-0.25, -0.2) is 0 Å². The smallest absolute Gasteiger partial charge is 0.236 e. The van der Waals surface area contributed by atoms with Crippen LogP contribution in [0.4, 0.5) is 0 Å². The average Bonchev–Trinajstić information content (AvgIpc) is 2.64. The summed E-state index contributed by atoms with van der Waals surface area (Å²) in [4.78, 5) is 16.9. The van der Waals surface area contributed by atoms with E-state index in [-0.39, 0.29) is 23.5 Å². The Balaban J connectivity index is 1.39. The fourth-order valence-electron chi connectivity index (χ4n) is 3.97. The molecule has 144 valence electrons. The van der Waals surface area contributed by atoms with Crippen molar-refractivity contribution in [3.8, 4) is 0 Å². The van der Waals surface area contributed by atoms with E-state index in [1.807, 2.05) is 23.1 Å². The molecule has 2 aliphatic heterocycles. The second kappa shape index (κ2) is 8.51.